The quantitative estimate of drug-likeness (QED) is 0.310. The molecule has 0 N–H and O–H groups in total. The Morgan fingerprint density at radius 3 is 2.69 bits per heavy atom. The molecule has 0 aliphatic heterocycles. The number of thioether (sulfide) groups is 1. The molecule has 0 saturated heterocycles. The van der Waals surface area contributed by atoms with Gasteiger partial charge in [-0.25, -0.2) is 0 Å². The van der Waals surface area contributed by atoms with Gasteiger partial charge in [0, 0.05) is 15.8 Å². The van der Waals surface area contributed by atoms with Crippen molar-refractivity contribution in [1.29, 1.82) is 0 Å². The fraction of sp³-hybridized carbons (Fsp3) is 0.286. The fourth-order valence-electron chi connectivity index (χ4n) is 2.56. The lowest BCUT2D eigenvalue weighted by Crippen LogP contribution is -2.02. The highest BCUT2D eigenvalue weighted by Gasteiger charge is 2.11. The number of rotatable bonds is 9. The average Bonchev–Trinajstić information content (AvgIpc) is 3.09. The molecule has 0 radical (unpaired) electrons. The highest BCUT2D eigenvalue weighted by atomic mass is 79.9. The van der Waals surface area contributed by atoms with Crippen molar-refractivity contribution in [3.05, 3.63) is 63.9 Å². The van der Waals surface area contributed by atoms with Gasteiger partial charge < -0.3 is 9.47 Å². The van der Waals surface area contributed by atoms with E-state index in [9.17, 15) is 0 Å². The van der Waals surface area contributed by atoms with Gasteiger partial charge >= 0.3 is 0 Å². The highest BCUT2D eigenvalue weighted by Crippen LogP contribution is 2.30. The van der Waals surface area contributed by atoms with Crippen LogP contribution in [0.5, 0.6) is 11.5 Å². The van der Waals surface area contributed by atoms with Crippen molar-refractivity contribution in [2.75, 3.05) is 13.7 Å². The SMILES string of the molecule is CCCOc1c(/C=N/n2c(C)nnc2SCc2ccc(Br)cc2)cccc1OC. The van der Waals surface area contributed by atoms with E-state index in [4.69, 9.17) is 9.47 Å². The summed E-state index contributed by atoms with van der Waals surface area (Å²) in [6.45, 7) is 4.56. The molecule has 0 saturated carbocycles. The van der Waals surface area contributed by atoms with Crippen LogP contribution in [0.1, 0.15) is 30.3 Å². The Morgan fingerprint density at radius 2 is 1.97 bits per heavy atom. The van der Waals surface area contributed by atoms with Gasteiger partial charge in [0.1, 0.15) is 0 Å². The summed E-state index contributed by atoms with van der Waals surface area (Å²) >= 11 is 5.05. The molecule has 2 aromatic carbocycles. The first-order valence-electron chi connectivity index (χ1n) is 9.25. The van der Waals surface area contributed by atoms with E-state index in [1.807, 2.05) is 37.3 Å². The minimum Gasteiger partial charge on any atom is -0.493 e. The Hall–Kier alpha value is -2.32. The third-order valence-electron chi connectivity index (χ3n) is 4.04. The molecule has 0 unspecified atom stereocenters. The van der Waals surface area contributed by atoms with Crippen molar-refractivity contribution in [3.8, 4) is 11.5 Å². The zero-order valence-corrected chi connectivity index (χ0v) is 19.0. The first kappa shape index (κ1) is 21.4. The number of ether oxygens (including phenoxy) is 2. The predicted octanol–water partition coefficient (Wildman–Crippen LogP) is 5.32. The minimum atomic E-state index is 0.612. The van der Waals surface area contributed by atoms with Crippen LogP contribution >= 0.6 is 27.7 Å². The summed E-state index contributed by atoms with van der Waals surface area (Å²) in [4.78, 5) is 0. The van der Waals surface area contributed by atoms with Crippen LogP contribution in [0.4, 0.5) is 0 Å². The predicted molar refractivity (Wildman–Crippen MR) is 120 cm³/mol. The number of hydrogen-bond acceptors (Lipinski definition) is 6. The molecule has 8 heteroatoms. The van der Waals surface area contributed by atoms with E-state index in [0.29, 0.717) is 18.1 Å². The second kappa shape index (κ2) is 10.5. The lowest BCUT2D eigenvalue weighted by molar-refractivity contribution is 0.294. The van der Waals surface area contributed by atoms with Crippen LogP contribution in [-0.2, 0) is 5.75 Å². The van der Waals surface area contributed by atoms with E-state index in [0.717, 1.165) is 33.2 Å². The summed E-state index contributed by atoms with van der Waals surface area (Å²) in [7, 11) is 1.63. The number of aromatic nitrogens is 3. The van der Waals surface area contributed by atoms with Crippen LogP contribution < -0.4 is 9.47 Å². The maximum Gasteiger partial charge on any atom is 0.212 e. The Bertz CT molecular complexity index is 973. The smallest absolute Gasteiger partial charge is 0.212 e. The van der Waals surface area contributed by atoms with Gasteiger partial charge in [-0.15, -0.1) is 10.2 Å². The fourth-order valence-corrected chi connectivity index (χ4v) is 3.72. The molecule has 0 spiro atoms. The van der Waals surface area contributed by atoms with Gasteiger partial charge in [0.15, 0.2) is 17.3 Å². The molecule has 0 aliphatic rings. The summed E-state index contributed by atoms with van der Waals surface area (Å²) in [6, 6.07) is 14.0. The van der Waals surface area contributed by atoms with Crippen molar-refractivity contribution in [3.63, 3.8) is 0 Å². The Kier molecular flexibility index (Phi) is 7.71. The Morgan fingerprint density at radius 1 is 1.17 bits per heavy atom. The van der Waals surface area contributed by atoms with E-state index in [2.05, 4.69) is 50.3 Å². The molecule has 0 amide bonds. The summed E-state index contributed by atoms with van der Waals surface area (Å²) in [6.07, 6.45) is 2.67. The molecule has 0 atom stereocenters. The van der Waals surface area contributed by atoms with Gasteiger partial charge in [-0.2, -0.15) is 9.78 Å². The van der Waals surface area contributed by atoms with E-state index in [1.54, 1.807) is 29.8 Å². The summed E-state index contributed by atoms with van der Waals surface area (Å²) in [5.74, 6) is 2.88. The topological polar surface area (TPSA) is 61.5 Å². The van der Waals surface area contributed by atoms with Gasteiger partial charge in [-0.1, -0.05) is 52.8 Å². The summed E-state index contributed by atoms with van der Waals surface area (Å²) in [5.41, 5.74) is 2.05. The van der Waals surface area contributed by atoms with Crippen molar-refractivity contribution in [2.45, 2.75) is 31.2 Å². The Labute approximate surface area is 183 Å². The van der Waals surface area contributed by atoms with E-state index < -0.39 is 0 Å². The highest BCUT2D eigenvalue weighted by molar-refractivity contribution is 9.10. The van der Waals surface area contributed by atoms with Crippen LogP contribution in [0, 0.1) is 6.92 Å². The van der Waals surface area contributed by atoms with Crippen LogP contribution in [0.3, 0.4) is 0 Å². The van der Waals surface area contributed by atoms with Gasteiger partial charge in [-0.3, -0.25) is 0 Å². The molecule has 3 aromatic rings. The second-order valence-electron chi connectivity index (χ2n) is 6.23. The standard InChI is InChI=1S/C21H23BrN4O2S/c1-4-12-28-20-17(6-5-7-19(20)27-3)13-23-26-15(2)24-25-21(26)29-14-16-8-10-18(22)11-9-16/h5-11,13H,4,12,14H2,1-3H3/b23-13+. The first-order chi connectivity index (χ1) is 14.1. The van der Waals surface area contributed by atoms with Crippen LogP contribution in [0.15, 0.2) is 57.2 Å². The number of para-hydroxylation sites is 1. The molecule has 29 heavy (non-hydrogen) atoms. The van der Waals surface area contributed by atoms with Crippen molar-refractivity contribution in [1.82, 2.24) is 14.9 Å². The summed E-state index contributed by atoms with van der Waals surface area (Å²) < 4.78 is 14.1. The largest absolute Gasteiger partial charge is 0.493 e. The molecule has 0 fully saturated rings. The van der Waals surface area contributed by atoms with Crippen LogP contribution in [0.2, 0.25) is 0 Å². The van der Waals surface area contributed by atoms with Gasteiger partial charge in [0.05, 0.1) is 19.9 Å². The van der Waals surface area contributed by atoms with Crippen molar-refractivity contribution >= 4 is 33.9 Å². The molecule has 0 bridgehead atoms. The van der Waals surface area contributed by atoms with Crippen molar-refractivity contribution < 1.29 is 9.47 Å². The Balaban J connectivity index is 1.81. The molecule has 6 nitrogen and oxygen atoms in total. The number of nitrogens with zero attached hydrogens (tertiary/aromatic N) is 4. The van der Waals surface area contributed by atoms with Crippen molar-refractivity contribution in [2.24, 2.45) is 5.10 Å². The molecule has 1 aromatic heterocycles. The summed E-state index contributed by atoms with van der Waals surface area (Å²) in [5, 5.41) is 13.8. The van der Waals surface area contributed by atoms with Crippen LogP contribution in [0.25, 0.3) is 0 Å². The number of hydrogen-bond donors (Lipinski definition) is 0. The first-order valence-corrected chi connectivity index (χ1v) is 11.0. The molecule has 0 aliphatic carbocycles. The maximum absolute atomic E-state index is 5.89. The normalized spacial score (nSPS) is 11.2. The lowest BCUT2D eigenvalue weighted by atomic mass is 10.2. The zero-order chi connectivity index (χ0) is 20.6. The average molecular weight is 475 g/mol. The van der Waals surface area contributed by atoms with Gasteiger partial charge in [-0.05, 0) is 43.2 Å². The van der Waals surface area contributed by atoms with E-state index in [1.165, 1.54) is 5.56 Å². The lowest BCUT2D eigenvalue weighted by Gasteiger charge is -2.12. The van der Waals surface area contributed by atoms with Gasteiger partial charge in [0.25, 0.3) is 0 Å². The van der Waals surface area contributed by atoms with Gasteiger partial charge in [0.2, 0.25) is 5.16 Å². The minimum absolute atomic E-state index is 0.612. The van der Waals surface area contributed by atoms with E-state index in [-0.39, 0.29) is 0 Å². The molecule has 152 valence electrons. The van der Waals surface area contributed by atoms with Crippen LogP contribution in [-0.4, -0.2) is 34.8 Å². The zero-order valence-electron chi connectivity index (χ0n) is 16.6. The number of methoxy groups -OCH3 is 1. The second-order valence-corrected chi connectivity index (χ2v) is 8.09. The van der Waals surface area contributed by atoms with E-state index >= 15 is 0 Å². The number of benzene rings is 2. The monoisotopic (exact) mass is 474 g/mol. The molecule has 1 heterocycles. The molecule has 3 rings (SSSR count). The molecular weight excluding hydrogens is 452 g/mol. The maximum atomic E-state index is 5.89. The third kappa shape index (κ3) is 5.61. The third-order valence-corrected chi connectivity index (χ3v) is 5.56. The molecular formula is C21H23BrN4O2S. The number of aryl methyl sites for hydroxylation is 1. The number of halogens is 1.